The van der Waals surface area contributed by atoms with E-state index in [0.29, 0.717) is 0 Å². The molecule has 0 saturated heterocycles. The third-order valence-corrected chi connectivity index (χ3v) is 5.31. The molecule has 4 heteroatoms. The Morgan fingerprint density at radius 3 is 2.64 bits per heavy atom. The van der Waals surface area contributed by atoms with E-state index in [1.54, 1.807) is 17.4 Å². The van der Waals surface area contributed by atoms with Crippen LogP contribution in [0.25, 0.3) is 11.8 Å². The summed E-state index contributed by atoms with van der Waals surface area (Å²) in [5.74, 6) is 0.0543. The standard InChI is InChI=1S/C21H22N2OS/c1-4-8-18-11-14-21(25-18)20(24)13-12-19-15(2)22-23(16(19)3)17-9-6-5-7-10-17/h5-7,9-14H,4,8H2,1-3H3/b13-12+. The van der Waals surface area contributed by atoms with Gasteiger partial charge in [-0.05, 0) is 56.7 Å². The first-order valence-electron chi connectivity index (χ1n) is 8.53. The Bertz CT molecular complexity index is 903. The van der Waals surface area contributed by atoms with E-state index in [0.717, 1.165) is 40.4 Å². The molecule has 0 unspecified atom stereocenters. The van der Waals surface area contributed by atoms with Crippen molar-refractivity contribution in [1.82, 2.24) is 9.78 Å². The summed E-state index contributed by atoms with van der Waals surface area (Å²) in [6.45, 7) is 6.15. The summed E-state index contributed by atoms with van der Waals surface area (Å²) in [5.41, 5.74) is 3.98. The summed E-state index contributed by atoms with van der Waals surface area (Å²) in [7, 11) is 0. The molecule has 0 bridgehead atoms. The van der Waals surface area contributed by atoms with Gasteiger partial charge in [0.15, 0.2) is 5.78 Å². The minimum atomic E-state index is 0.0543. The molecule has 1 aromatic carbocycles. The van der Waals surface area contributed by atoms with Crippen LogP contribution in [0.3, 0.4) is 0 Å². The monoisotopic (exact) mass is 350 g/mol. The fourth-order valence-corrected chi connectivity index (χ4v) is 3.88. The Kier molecular flexibility index (Phi) is 5.29. The van der Waals surface area contributed by atoms with E-state index in [9.17, 15) is 4.79 Å². The first kappa shape index (κ1) is 17.4. The second kappa shape index (κ2) is 7.62. The molecule has 0 fully saturated rings. The lowest BCUT2D eigenvalue weighted by molar-refractivity contribution is 0.105. The zero-order chi connectivity index (χ0) is 17.8. The van der Waals surface area contributed by atoms with E-state index in [1.807, 2.05) is 61.0 Å². The van der Waals surface area contributed by atoms with Gasteiger partial charge in [-0.25, -0.2) is 4.68 Å². The predicted molar refractivity (Wildman–Crippen MR) is 105 cm³/mol. The number of para-hydroxylation sites is 1. The zero-order valence-corrected chi connectivity index (χ0v) is 15.6. The maximum atomic E-state index is 12.4. The van der Waals surface area contributed by atoms with Crippen molar-refractivity contribution in [1.29, 1.82) is 0 Å². The van der Waals surface area contributed by atoms with Gasteiger partial charge in [-0.15, -0.1) is 11.3 Å². The van der Waals surface area contributed by atoms with E-state index in [2.05, 4.69) is 18.1 Å². The normalized spacial score (nSPS) is 11.3. The van der Waals surface area contributed by atoms with Crippen LogP contribution in [-0.4, -0.2) is 15.6 Å². The molecule has 0 N–H and O–H groups in total. The first-order chi connectivity index (χ1) is 12.1. The smallest absolute Gasteiger partial charge is 0.195 e. The van der Waals surface area contributed by atoms with Crippen LogP contribution in [0, 0.1) is 13.8 Å². The highest BCUT2D eigenvalue weighted by Crippen LogP contribution is 2.22. The molecule has 0 atom stereocenters. The topological polar surface area (TPSA) is 34.9 Å². The highest BCUT2D eigenvalue weighted by molar-refractivity contribution is 7.14. The van der Waals surface area contributed by atoms with Gasteiger partial charge < -0.3 is 0 Å². The van der Waals surface area contributed by atoms with E-state index in [1.165, 1.54) is 4.88 Å². The minimum absolute atomic E-state index is 0.0543. The largest absolute Gasteiger partial charge is 0.288 e. The average molecular weight is 350 g/mol. The zero-order valence-electron chi connectivity index (χ0n) is 14.8. The van der Waals surface area contributed by atoms with Gasteiger partial charge in [0.25, 0.3) is 0 Å². The van der Waals surface area contributed by atoms with Crippen molar-refractivity contribution in [2.75, 3.05) is 0 Å². The molecule has 2 heterocycles. The number of thiophene rings is 1. The van der Waals surface area contributed by atoms with Crippen molar-refractivity contribution in [2.45, 2.75) is 33.6 Å². The molecule has 0 amide bonds. The number of rotatable bonds is 6. The number of carbonyl (C=O) groups excluding carboxylic acids is 1. The van der Waals surface area contributed by atoms with Crippen molar-refractivity contribution in [3.63, 3.8) is 0 Å². The number of nitrogens with zero attached hydrogens (tertiary/aromatic N) is 2. The number of allylic oxidation sites excluding steroid dienone is 1. The fraction of sp³-hybridized carbons (Fsp3) is 0.238. The molecule has 0 aliphatic carbocycles. The van der Waals surface area contributed by atoms with Crippen molar-refractivity contribution < 1.29 is 4.79 Å². The van der Waals surface area contributed by atoms with Gasteiger partial charge in [0.2, 0.25) is 0 Å². The highest BCUT2D eigenvalue weighted by atomic mass is 32.1. The Hall–Kier alpha value is -2.46. The van der Waals surface area contributed by atoms with Gasteiger partial charge in [0, 0.05) is 16.1 Å². The van der Waals surface area contributed by atoms with E-state index >= 15 is 0 Å². The minimum Gasteiger partial charge on any atom is -0.288 e. The SMILES string of the molecule is CCCc1ccc(C(=O)/C=C/c2c(C)nn(-c3ccccc3)c2C)s1. The molecule has 3 nitrogen and oxygen atoms in total. The third-order valence-electron chi connectivity index (χ3n) is 4.15. The van der Waals surface area contributed by atoms with Gasteiger partial charge >= 0.3 is 0 Å². The number of hydrogen-bond donors (Lipinski definition) is 0. The Morgan fingerprint density at radius 2 is 1.92 bits per heavy atom. The molecule has 3 aromatic rings. The summed E-state index contributed by atoms with van der Waals surface area (Å²) in [5, 5.41) is 4.62. The molecule has 128 valence electrons. The number of carbonyl (C=O) groups is 1. The Labute approximate surface area is 152 Å². The van der Waals surface area contributed by atoms with Gasteiger partial charge in [0.05, 0.1) is 16.3 Å². The van der Waals surface area contributed by atoms with Crippen LogP contribution in [0.1, 0.15) is 44.8 Å². The van der Waals surface area contributed by atoms with Gasteiger partial charge in [-0.2, -0.15) is 5.10 Å². The van der Waals surface area contributed by atoms with Crippen LogP contribution in [-0.2, 0) is 6.42 Å². The number of hydrogen-bond acceptors (Lipinski definition) is 3. The van der Waals surface area contributed by atoms with Gasteiger partial charge in [0.1, 0.15) is 0 Å². The van der Waals surface area contributed by atoms with Crippen molar-refractivity contribution >= 4 is 23.2 Å². The number of benzene rings is 1. The molecule has 0 aliphatic rings. The lowest BCUT2D eigenvalue weighted by Crippen LogP contribution is -1.98. The summed E-state index contributed by atoms with van der Waals surface area (Å²) < 4.78 is 1.92. The maximum Gasteiger partial charge on any atom is 0.195 e. The lowest BCUT2D eigenvalue weighted by atomic mass is 10.1. The molecule has 3 rings (SSSR count). The van der Waals surface area contributed by atoms with Crippen molar-refractivity contribution in [3.8, 4) is 5.69 Å². The molecular formula is C21H22N2OS. The number of ketones is 1. The van der Waals surface area contributed by atoms with E-state index in [4.69, 9.17) is 0 Å². The summed E-state index contributed by atoms with van der Waals surface area (Å²) >= 11 is 1.59. The molecular weight excluding hydrogens is 328 g/mol. The summed E-state index contributed by atoms with van der Waals surface area (Å²) in [6.07, 6.45) is 5.68. The lowest BCUT2D eigenvalue weighted by Gasteiger charge is -2.03. The van der Waals surface area contributed by atoms with Crippen LogP contribution < -0.4 is 0 Å². The second-order valence-corrected chi connectivity index (χ2v) is 7.21. The number of aromatic nitrogens is 2. The highest BCUT2D eigenvalue weighted by Gasteiger charge is 2.11. The maximum absolute atomic E-state index is 12.4. The molecule has 0 saturated carbocycles. The van der Waals surface area contributed by atoms with Crippen LogP contribution in [0.15, 0.2) is 48.5 Å². The quantitative estimate of drug-likeness (QED) is 0.441. The van der Waals surface area contributed by atoms with Crippen molar-refractivity contribution in [3.05, 3.63) is 75.2 Å². The van der Waals surface area contributed by atoms with Crippen LogP contribution >= 0.6 is 11.3 Å². The third kappa shape index (κ3) is 3.80. The Morgan fingerprint density at radius 1 is 1.16 bits per heavy atom. The molecule has 25 heavy (non-hydrogen) atoms. The van der Waals surface area contributed by atoms with Crippen molar-refractivity contribution in [2.24, 2.45) is 0 Å². The van der Waals surface area contributed by atoms with Crippen LogP contribution in [0.4, 0.5) is 0 Å². The van der Waals surface area contributed by atoms with Crippen LogP contribution in [0.2, 0.25) is 0 Å². The Balaban J connectivity index is 1.83. The van der Waals surface area contributed by atoms with Gasteiger partial charge in [-0.3, -0.25) is 4.79 Å². The van der Waals surface area contributed by atoms with Crippen LogP contribution in [0.5, 0.6) is 0 Å². The first-order valence-corrected chi connectivity index (χ1v) is 9.34. The molecule has 0 spiro atoms. The molecule has 0 radical (unpaired) electrons. The summed E-state index contributed by atoms with van der Waals surface area (Å²) in [6, 6.07) is 14.0. The van der Waals surface area contributed by atoms with Gasteiger partial charge in [-0.1, -0.05) is 31.5 Å². The average Bonchev–Trinajstić information content (AvgIpc) is 3.19. The second-order valence-electron chi connectivity index (χ2n) is 6.05. The number of aryl methyl sites for hydroxylation is 2. The van der Waals surface area contributed by atoms with E-state index < -0.39 is 0 Å². The molecule has 2 aromatic heterocycles. The fourth-order valence-electron chi connectivity index (χ4n) is 2.85. The molecule has 0 aliphatic heterocycles. The summed E-state index contributed by atoms with van der Waals surface area (Å²) in [4.78, 5) is 14.5. The predicted octanol–water partition coefficient (Wildman–Crippen LogP) is 5.40. The van der Waals surface area contributed by atoms with E-state index in [-0.39, 0.29) is 5.78 Å².